The largest absolute Gasteiger partial charge is 0.455 e. The summed E-state index contributed by atoms with van der Waals surface area (Å²) in [4.78, 5) is 35.4. The first-order chi connectivity index (χ1) is 10.1. The molecule has 3 rings (SSSR count). The van der Waals surface area contributed by atoms with Crippen LogP contribution in [0.4, 0.5) is 0 Å². The van der Waals surface area contributed by atoms with Crippen LogP contribution in [0.25, 0.3) is 0 Å². The van der Waals surface area contributed by atoms with Gasteiger partial charge in [-0.1, -0.05) is 23.7 Å². The molecule has 1 aromatic heterocycles. The molecule has 0 aliphatic carbocycles. The molecule has 21 heavy (non-hydrogen) atoms. The van der Waals surface area contributed by atoms with Crippen LogP contribution in [-0.2, 0) is 17.8 Å². The van der Waals surface area contributed by atoms with Gasteiger partial charge in [-0.15, -0.1) is 0 Å². The predicted molar refractivity (Wildman–Crippen MR) is 75.6 cm³/mol. The van der Waals surface area contributed by atoms with E-state index in [0.29, 0.717) is 5.02 Å². The van der Waals surface area contributed by atoms with Gasteiger partial charge in [-0.3, -0.25) is 9.59 Å². The summed E-state index contributed by atoms with van der Waals surface area (Å²) in [7, 11) is 0. The molecule has 1 aromatic carbocycles. The molecule has 0 atom stereocenters. The molecule has 1 aliphatic rings. The number of carbonyl (C=O) groups is 1. The van der Waals surface area contributed by atoms with Crippen molar-refractivity contribution in [3.8, 4) is 0 Å². The fourth-order valence-electron chi connectivity index (χ4n) is 2.29. The smallest absolute Gasteiger partial charge is 0.340 e. The summed E-state index contributed by atoms with van der Waals surface area (Å²) in [5.41, 5.74) is -0.341. The van der Waals surface area contributed by atoms with Crippen molar-refractivity contribution < 1.29 is 9.53 Å². The highest BCUT2D eigenvalue weighted by molar-refractivity contribution is 6.33. The van der Waals surface area contributed by atoms with Crippen molar-refractivity contribution in [1.29, 1.82) is 0 Å². The lowest BCUT2D eigenvalue weighted by Gasteiger charge is -2.10. The Balaban J connectivity index is 1.80. The molecule has 108 valence electrons. The minimum atomic E-state index is -0.570. The van der Waals surface area contributed by atoms with E-state index in [1.165, 1.54) is 21.5 Å². The summed E-state index contributed by atoms with van der Waals surface area (Å²) < 4.78 is 7.87. The van der Waals surface area contributed by atoms with Gasteiger partial charge in [0, 0.05) is 12.1 Å². The number of fused-ring (bicyclic) bond motifs is 1. The van der Waals surface area contributed by atoms with Gasteiger partial charge in [-0.2, -0.15) is 0 Å². The molecule has 0 saturated heterocycles. The fraction of sp³-hybridized carbons (Fsp3) is 0.214. The topological polar surface area (TPSA) is 70.3 Å². The van der Waals surface area contributed by atoms with E-state index in [9.17, 15) is 14.4 Å². The third-order valence-corrected chi connectivity index (χ3v) is 3.62. The van der Waals surface area contributed by atoms with Crippen LogP contribution in [0.5, 0.6) is 0 Å². The van der Waals surface area contributed by atoms with Gasteiger partial charge >= 0.3 is 5.97 Å². The van der Waals surface area contributed by atoms with Crippen molar-refractivity contribution in [3.05, 3.63) is 67.7 Å². The normalized spacial score (nSPS) is 14.0. The number of carbonyl (C=O) groups excluding carboxylic acids is 1. The van der Waals surface area contributed by atoms with Gasteiger partial charge in [0.15, 0.2) is 0 Å². The first-order valence-corrected chi connectivity index (χ1v) is 6.70. The monoisotopic (exact) mass is 306 g/mol. The van der Waals surface area contributed by atoms with Gasteiger partial charge in [0.25, 0.3) is 11.1 Å². The van der Waals surface area contributed by atoms with Crippen molar-refractivity contribution in [1.82, 2.24) is 9.36 Å². The van der Waals surface area contributed by atoms with Gasteiger partial charge in [-0.25, -0.2) is 14.2 Å². The Labute approximate surface area is 124 Å². The molecule has 0 amide bonds. The SMILES string of the molecule is O=C(OC1Cn2c(=O)ccc(=O)n2C1)c1ccccc1Cl. The van der Waals surface area contributed by atoms with E-state index in [4.69, 9.17) is 16.3 Å². The van der Waals surface area contributed by atoms with E-state index in [2.05, 4.69) is 0 Å². The summed E-state index contributed by atoms with van der Waals surface area (Å²) in [6, 6.07) is 8.96. The van der Waals surface area contributed by atoms with Crippen LogP contribution < -0.4 is 11.1 Å². The van der Waals surface area contributed by atoms with E-state index in [1.54, 1.807) is 24.3 Å². The summed E-state index contributed by atoms with van der Waals surface area (Å²) in [5, 5.41) is 0.298. The number of hydrogen-bond donors (Lipinski definition) is 0. The maximum atomic E-state index is 12.1. The second-order valence-corrected chi connectivity index (χ2v) is 5.09. The fourth-order valence-corrected chi connectivity index (χ4v) is 2.50. The Morgan fingerprint density at radius 2 is 1.62 bits per heavy atom. The Hall–Kier alpha value is -2.34. The molecular weight excluding hydrogens is 296 g/mol. The van der Waals surface area contributed by atoms with Gasteiger partial charge in [0.2, 0.25) is 0 Å². The maximum absolute atomic E-state index is 12.1. The number of benzene rings is 1. The van der Waals surface area contributed by atoms with Gasteiger partial charge < -0.3 is 4.74 Å². The van der Waals surface area contributed by atoms with Crippen molar-refractivity contribution in [2.45, 2.75) is 19.2 Å². The zero-order chi connectivity index (χ0) is 15.0. The number of halogens is 1. The molecule has 0 bridgehead atoms. The molecule has 0 radical (unpaired) electrons. The number of aromatic nitrogens is 2. The van der Waals surface area contributed by atoms with Gasteiger partial charge in [0.05, 0.1) is 23.7 Å². The van der Waals surface area contributed by atoms with Crippen LogP contribution in [0.3, 0.4) is 0 Å². The lowest BCUT2D eigenvalue weighted by molar-refractivity contribution is 0.0293. The molecule has 7 heteroatoms. The number of hydrogen-bond acceptors (Lipinski definition) is 4. The summed E-state index contributed by atoms with van der Waals surface area (Å²) >= 11 is 5.93. The Bertz CT molecular complexity index is 785. The molecule has 0 spiro atoms. The average molecular weight is 307 g/mol. The van der Waals surface area contributed by atoms with E-state index in [-0.39, 0.29) is 29.8 Å². The molecule has 0 saturated carbocycles. The molecular formula is C14H11ClN2O4. The summed E-state index contributed by atoms with van der Waals surface area (Å²) in [6.45, 7) is 0.316. The molecule has 1 aliphatic heterocycles. The zero-order valence-electron chi connectivity index (χ0n) is 10.9. The molecule has 2 heterocycles. The lowest BCUT2D eigenvalue weighted by atomic mass is 10.2. The van der Waals surface area contributed by atoms with Crippen LogP contribution >= 0.6 is 11.6 Å². The number of esters is 1. The first kappa shape index (κ1) is 13.6. The lowest BCUT2D eigenvalue weighted by Crippen LogP contribution is -2.32. The van der Waals surface area contributed by atoms with E-state index >= 15 is 0 Å². The first-order valence-electron chi connectivity index (χ1n) is 6.33. The Morgan fingerprint density at radius 1 is 1.05 bits per heavy atom. The Morgan fingerprint density at radius 3 is 2.19 bits per heavy atom. The van der Waals surface area contributed by atoms with Gasteiger partial charge in [-0.05, 0) is 12.1 Å². The van der Waals surface area contributed by atoms with Crippen molar-refractivity contribution in [3.63, 3.8) is 0 Å². The van der Waals surface area contributed by atoms with E-state index < -0.39 is 12.1 Å². The Kier molecular flexibility index (Phi) is 3.39. The van der Waals surface area contributed by atoms with Crippen LogP contribution in [0, 0.1) is 0 Å². The third-order valence-electron chi connectivity index (χ3n) is 3.29. The van der Waals surface area contributed by atoms with Crippen molar-refractivity contribution >= 4 is 17.6 Å². The second kappa shape index (κ2) is 5.21. The standard InChI is InChI=1S/C14H11ClN2O4/c15-11-4-2-1-3-10(11)14(20)21-9-7-16-12(18)5-6-13(19)17(16)8-9/h1-6,9H,7-8H2. The molecule has 2 aromatic rings. The zero-order valence-corrected chi connectivity index (χ0v) is 11.6. The minimum Gasteiger partial charge on any atom is -0.455 e. The summed E-state index contributed by atoms with van der Waals surface area (Å²) in [6.07, 6.45) is -0.568. The molecule has 0 fully saturated rings. The molecule has 0 N–H and O–H groups in total. The highest BCUT2D eigenvalue weighted by Crippen LogP contribution is 2.18. The van der Waals surface area contributed by atoms with Gasteiger partial charge in [0.1, 0.15) is 6.10 Å². The second-order valence-electron chi connectivity index (χ2n) is 4.68. The van der Waals surface area contributed by atoms with Crippen LogP contribution in [0.1, 0.15) is 10.4 Å². The van der Waals surface area contributed by atoms with Crippen molar-refractivity contribution in [2.24, 2.45) is 0 Å². The third kappa shape index (κ3) is 2.50. The van der Waals surface area contributed by atoms with Crippen LogP contribution in [0.15, 0.2) is 46.0 Å². The number of ether oxygens (including phenoxy) is 1. The highest BCUT2D eigenvalue weighted by Gasteiger charge is 2.26. The predicted octanol–water partition coefficient (Wildman–Crippen LogP) is 0.903. The van der Waals surface area contributed by atoms with E-state index in [0.717, 1.165) is 0 Å². The number of rotatable bonds is 2. The molecule has 6 nitrogen and oxygen atoms in total. The quantitative estimate of drug-likeness (QED) is 0.773. The van der Waals surface area contributed by atoms with Crippen LogP contribution in [0.2, 0.25) is 5.02 Å². The van der Waals surface area contributed by atoms with Crippen molar-refractivity contribution in [2.75, 3.05) is 0 Å². The highest BCUT2D eigenvalue weighted by atomic mass is 35.5. The summed E-state index contributed by atoms with van der Waals surface area (Å²) in [5.74, 6) is -0.570. The number of nitrogens with zero attached hydrogens (tertiary/aromatic N) is 2. The van der Waals surface area contributed by atoms with Crippen LogP contribution in [-0.4, -0.2) is 21.4 Å². The van der Waals surface area contributed by atoms with E-state index in [1.807, 2.05) is 0 Å². The molecule has 0 unspecified atom stereocenters. The minimum absolute atomic E-state index is 0.158. The maximum Gasteiger partial charge on any atom is 0.340 e. The average Bonchev–Trinajstić information content (AvgIpc) is 2.88.